The molecule has 5 rings (SSSR count). The highest BCUT2D eigenvalue weighted by Crippen LogP contribution is 2.28. The molecule has 0 saturated carbocycles. The van der Waals surface area contributed by atoms with E-state index >= 15 is 0 Å². The molecule has 4 N–H and O–H groups in total. The largest absolute Gasteiger partial charge is 0.356 e. The van der Waals surface area contributed by atoms with Crippen LogP contribution in [-0.4, -0.2) is 43.5 Å². The number of fused-ring (bicyclic) bond motifs is 1. The molecular formula is C21H24N8OS. The summed E-state index contributed by atoms with van der Waals surface area (Å²) in [5.74, 6) is 3.06. The summed E-state index contributed by atoms with van der Waals surface area (Å²) in [5.41, 5.74) is 2.73. The Kier molecular flexibility index (Phi) is 5.37. The summed E-state index contributed by atoms with van der Waals surface area (Å²) >= 11 is 1.56. The van der Waals surface area contributed by atoms with E-state index in [9.17, 15) is 4.79 Å². The van der Waals surface area contributed by atoms with Gasteiger partial charge in [-0.3, -0.25) is 20.1 Å². The second-order valence-corrected chi connectivity index (χ2v) is 8.69. The zero-order valence-corrected chi connectivity index (χ0v) is 18.1. The minimum atomic E-state index is -0.106. The molecule has 1 aromatic carbocycles. The van der Waals surface area contributed by atoms with Crippen molar-refractivity contribution < 1.29 is 0 Å². The SMILES string of the molecule is Cc1cc(Nc2cc(N3CCCCC3)nc(SCc3ccc4[nH][nH]c(=O)c4c3)n2)n[nH]1. The van der Waals surface area contributed by atoms with Crippen molar-refractivity contribution in [2.24, 2.45) is 0 Å². The molecule has 0 spiro atoms. The van der Waals surface area contributed by atoms with E-state index < -0.39 is 0 Å². The van der Waals surface area contributed by atoms with Crippen molar-refractivity contribution in [2.45, 2.75) is 37.1 Å². The van der Waals surface area contributed by atoms with Crippen molar-refractivity contribution in [3.05, 3.63) is 51.9 Å². The second kappa shape index (κ2) is 8.46. The van der Waals surface area contributed by atoms with Gasteiger partial charge in [0.15, 0.2) is 11.0 Å². The van der Waals surface area contributed by atoms with Crippen molar-refractivity contribution in [3.8, 4) is 0 Å². The molecule has 160 valence electrons. The van der Waals surface area contributed by atoms with E-state index in [1.807, 2.05) is 37.3 Å². The molecule has 1 saturated heterocycles. The zero-order chi connectivity index (χ0) is 21.2. The lowest BCUT2D eigenvalue weighted by Gasteiger charge is -2.28. The average Bonchev–Trinajstić information content (AvgIpc) is 3.37. The van der Waals surface area contributed by atoms with Crippen LogP contribution in [0.1, 0.15) is 30.5 Å². The van der Waals surface area contributed by atoms with E-state index in [1.54, 1.807) is 11.8 Å². The van der Waals surface area contributed by atoms with Crippen molar-refractivity contribution in [3.63, 3.8) is 0 Å². The number of thioether (sulfide) groups is 1. The van der Waals surface area contributed by atoms with Gasteiger partial charge in [0, 0.05) is 36.7 Å². The van der Waals surface area contributed by atoms with Gasteiger partial charge in [0.25, 0.3) is 5.56 Å². The lowest BCUT2D eigenvalue weighted by atomic mass is 10.1. The summed E-state index contributed by atoms with van der Waals surface area (Å²) in [4.78, 5) is 23.8. The molecule has 0 atom stereocenters. The number of nitrogens with one attached hydrogen (secondary N) is 4. The number of benzene rings is 1. The Morgan fingerprint density at radius 2 is 1.94 bits per heavy atom. The van der Waals surface area contributed by atoms with Crippen molar-refractivity contribution in [1.29, 1.82) is 0 Å². The highest BCUT2D eigenvalue weighted by Gasteiger charge is 2.16. The monoisotopic (exact) mass is 436 g/mol. The fraction of sp³-hybridized carbons (Fsp3) is 0.333. The fourth-order valence-corrected chi connectivity index (χ4v) is 4.55. The second-order valence-electron chi connectivity index (χ2n) is 7.75. The third kappa shape index (κ3) is 4.43. The predicted octanol–water partition coefficient (Wildman–Crippen LogP) is 3.70. The van der Waals surface area contributed by atoms with E-state index in [-0.39, 0.29) is 5.56 Å². The summed E-state index contributed by atoms with van der Waals surface area (Å²) in [6.07, 6.45) is 3.62. The third-order valence-electron chi connectivity index (χ3n) is 5.34. The van der Waals surface area contributed by atoms with Crippen LogP contribution in [0.3, 0.4) is 0 Å². The molecule has 0 amide bonds. The smallest absolute Gasteiger partial charge is 0.271 e. The Labute approximate surface area is 183 Å². The highest BCUT2D eigenvalue weighted by atomic mass is 32.2. The number of rotatable bonds is 6. The van der Waals surface area contributed by atoms with Crippen LogP contribution in [0.2, 0.25) is 0 Å². The summed E-state index contributed by atoms with van der Waals surface area (Å²) in [6, 6.07) is 9.78. The number of anilines is 3. The number of aryl methyl sites for hydroxylation is 1. The molecule has 1 aliphatic heterocycles. The first-order chi connectivity index (χ1) is 15.1. The maximum absolute atomic E-state index is 11.9. The number of H-pyrrole nitrogens is 3. The van der Waals surface area contributed by atoms with E-state index in [4.69, 9.17) is 9.97 Å². The van der Waals surface area contributed by atoms with Gasteiger partial charge in [-0.15, -0.1) is 0 Å². The maximum Gasteiger partial charge on any atom is 0.271 e. The fourth-order valence-electron chi connectivity index (χ4n) is 3.76. The van der Waals surface area contributed by atoms with Crippen LogP contribution in [0.4, 0.5) is 17.5 Å². The number of hydrogen-bond acceptors (Lipinski definition) is 7. The first-order valence-corrected chi connectivity index (χ1v) is 11.4. The Hall–Kier alpha value is -3.27. The molecule has 3 aromatic heterocycles. The minimum Gasteiger partial charge on any atom is -0.356 e. The minimum absolute atomic E-state index is 0.106. The molecule has 4 heterocycles. The van der Waals surface area contributed by atoms with Gasteiger partial charge in [-0.25, -0.2) is 9.97 Å². The van der Waals surface area contributed by atoms with Gasteiger partial charge in [0.1, 0.15) is 11.6 Å². The Balaban J connectivity index is 1.40. The van der Waals surface area contributed by atoms with Crippen LogP contribution < -0.4 is 15.8 Å². The van der Waals surface area contributed by atoms with Gasteiger partial charge in [0.05, 0.1) is 10.9 Å². The maximum atomic E-state index is 11.9. The van der Waals surface area contributed by atoms with Gasteiger partial charge in [-0.2, -0.15) is 5.10 Å². The molecular weight excluding hydrogens is 412 g/mol. The van der Waals surface area contributed by atoms with Gasteiger partial charge in [-0.1, -0.05) is 17.8 Å². The Morgan fingerprint density at radius 3 is 2.74 bits per heavy atom. The topological polar surface area (TPSA) is 118 Å². The van der Waals surface area contributed by atoms with Crippen LogP contribution in [0.25, 0.3) is 10.9 Å². The van der Waals surface area contributed by atoms with Crippen LogP contribution >= 0.6 is 11.8 Å². The predicted molar refractivity (Wildman–Crippen MR) is 123 cm³/mol. The molecule has 31 heavy (non-hydrogen) atoms. The summed E-state index contributed by atoms with van der Waals surface area (Å²) in [5, 5.41) is 17.3. The lowest BCUT2D eigenvalue weighted by Crippen LogP contribution is -2.30. The summed E-state index contributed by atoms with van der Waals surface area (Å²) in [7, 11) is 0. The Bertz CT molecular complexity index is 1250. The summed E-state index contributed by atoms with van der Waals surface area (Å²) in [6.45, 7) is 3.98. The molecule has 0 radical (unpaired) electrons. The van der Waals surface area contributed by atoms with Crippen molar-refractivity contribution in [1.82, 2.24) is 30.4 Å². The molecule has 1 fully saturated rings. The number of aromatic amines is 3. The van der Waals surface area contributed by atoms with E-state index in [0.29, 0.717) is 16.3 Å². The first-order valence-electron chi connectivity index (χ1n) is 10.4. The molecule has 0 unspecified atom stereocenters. The van der Waals surface area contributed by atoms with Gasteiger partial charge < -0.3 is 10.2 Å². The van der Waals surface area contributed by atoms with Crippen molar-refractivity contribution >= 4 is 40.1 Å². The Morgan fingerprint density at radius 1 is 1.06 bits per heavy atom. The standard InChI is InChI=1S/C21H24N8OS/c1-13-9-18(27-25-13)22-17-11-19(29-7-3-2-4-8-29)24-21(23-17)31-12-14-5-6-16-15(10-14)20(30)28-26-16/h5-6,9-11H,2-4,7-8,12H2,1H3,(H2,26,28,30)(H2,22,23,24,25,27). The molecule has 1 aliphatic rings. The van der Waals surface area contributed by atoms with Crippen molar-refractivity contribution in [2.75, 3.05) is 23.3 Å². The van der Waals surface area contributed by atoms with Gasteiger partial charge in [-0.05, 0) is 43.9 Å². The molecule has 9 nitrogen and oxygen atoms in total. The number of aromatic nitrogens is 6. The van der Waals surface area contributed by atoms with Crippen LogP contribution in [0.15, 0.2) is 40.3 Å². The summed E-state index contributed by atoms with van der Waals surface area (Å²) < 4.78 is 0. The highest BCUT2D eigenvalue weighted by molar-refractivity contribution is 7.98. The van der Waals surface area contributed by atoms with Crippen LogP contribution in [-0.2, 0) is 5.75 Å². The molecule has 0 aliphatic carbocycles. The van der Waals surface area contributed by atoms with Crippen LogP contribution in [0, 0.1) is 6.92 Å². The van der Waals surface area contributed by atoms with E-state index in [1.165, 1.54) is 19.3 Å². The van der Waals surface area contributed by atoms with Crippen LogP contribution in [0.5, 0.6) is 0 Å². The molecule has 0 bridgehead atoms. The molecule has 10 heteroatoms. The van der Waals surface area contributed by atoms with E-state index in [0.717, 1.165) is 47.3 Å². The number of hydrogen-bond donors (Lipinski definition) is 4. The van der Waals surface area contributed by atoms with E-state index in [2.05, 4.69) is 30.6 Å². The third-order valence-corrected chi connectivity index (χ3v) is 6.26. The quantitative estimate of drug-likeness (QED) is 0.269. The molecule has 4 aromatic rings. The first kappa shape index (κ1) is 19.7. The van der Waals surface area contributed by atoms with Gasteiger partial charge in [0.2, 0.25) is 0 Å². The lowest BCUT2D eigenvalue weighted by molar-refractivity contribution is 0.571. The average molecular weight is 437 g/mol. The zero-order valence-electron chi connectivity index (χ0n) is 17.2. The number of piperidine rings is 1. The number of nitrogens with zero attached hydrogens (tertiary/aromatic N) is 4. The van der Waals surface area contributed by atoms with Gasteiger partial charge >= 0.3 is 0 Å². The normalized spacial score (nSPS) is 14.3.